The number of carbonyl (C=O) groups is 1. The smallest absolute Gasteiger partial charge is 0.377 e. The van der Waals surface area contributed by atoms with Gasteiger partial charge in [0, 0.05) is 11.6 Å². The molecule has 0 fully saturated rings. The normalized spacial score (nSPS) is 10.7. The number of carbonyl (C=O) groups excluding carboxylic acids is 1. The zero-order valence-electron chi connectivity index (χ0n) is 10.8. The van der Waals surface area contributed by atoms with Gasteiger partial charge < -0.3 is 14.5 Å². The lowest BCUT2D eigenvalue weighted by atomic mass is 10.3. The zero-order chi connectivity index (χ0) is 14.1. The molecule has 20 heavy (non-hydrogen) atoms. The van der Waals surface area contributed by atoms with Crippen molar-refractivity contribution in [3.05, 3.63) is 30.6 Å². The number of ether oxygens (including phenoxy) is 2. The quantitative estimate of drug-likeness (QED) is 0.713. The number of esters is 1. The second-order valence-electron chi connectivity index (χ2n) is 3.92. The van der Waals surface area contributed by atoms with Crippen LogP contribution < -0.4 is 4.74 Å². The molecule has 0 amide bonds. The van der Waals surface area contributed by atoms with Crippen LogP contribution in [0.1, 0.15) is 10.6 Å². The third kappa shape index (κ3) is 1.78. The first-order chi connectivity index (χ1) is 9.74. The predicted octanol–water partition coefficient (Wildman–Crippen LogP) is 0.939. The number of rotatable bonds is 3. The summed E-state index contributed by atoms with van der Waals surface area (Å²) in [5.41, 5.74) is 0.741. The molecule has 0 aliphatic rings. The fourth-order valence-electron chi connectivity index (χ4n) is 1.90. The zero-order valence-corrected chi connectivity index (χ0v) is 10.8. The number of hydrogen-bond acceptors (Lipinski definition) is 6. The largest absolute Gasteiger partial charge is 0.494 e. The van der Waals surface area contributed by atoms with E-state index in [4.69, 9.17) is 4.74 Å². The lowest BCUT2D eigenvalue weighted by Gasteiger charge is -2.05. The molecule has 8 nitrogen and oxygen atoms in total. The van der Waals surface area contributed by atoms with Crippen molar-refractivity contribution >= 4 is 16.9 Å². The molecule has 102 valence electrons. The van der Waals surface area contributed by atoms with E-state index < -0.39 is 5.97 Å². The van der Waals surface area contributed by atoms with Crippen molar-refractivity contribution in [1.82, 2.24) is 24.7 Å². The summed E-state index contributed by atoms with van der Waals surface area (Å²) in [7, 11) is 2.85. The first-order valence-electron chi connectivity index (χ1n) is 5.75. The first kappa shape index (κ1) is 12.2. The Hall–Kier alpha value is -2.90. The Morgan fingerprint density at radius 3 is 2.95 bits per heavy atom. The van der Waals surface area contributed by atoms with Gasteiger partial charge >= 0.3 is 5.97 Å². The molecule has 0 saturated carbocycles. The van der Waals surface area contributed by atoms with Gasteiger partial charge in [0.15, 0.2) is 5.82 Å². The molecule has 0 bridgehead atoms. The number of hydrogen-bond donors (Lipinski definition) is 1. The van der Waals surface area contributed by atoms with Gasteiger partial charge in [-0.25, -0.2) is 14.8 Å². The van der Waals surface area contributed by atoms with Crippen LogP contribution in [0.25, 0.3) is 16.7 Å². The van der Waals surface area contributed by atoms with E-state index in [1.807, 2.05) is 6.07 Å². The Morgan fingerprint density at radius 2 is 2.20 bits per heavy atom. The molecule has 3 heterocycles. The number of fused-ring (bicyclic) bond motifs is 1. The Morgan fingerprint density at radius 1 is 1.35 bits per heavy atom. The topological polar surface area (TPSA) is 94.9 Å². The molecule has 1 N–H and O–H groups in total. The molecule has 0 atom stereocenters. The van der Waals surface area contributed by atoms with Gasteiger partial charge in [0.2, 0.25) is 0 Å². The van der Waals surface area contributed by atoms with Crippen molar-refractivity contribution in [2.75, 3.05) is 14.2 Å². The Bertz CT molecular complexity index is 776. The molecule has 0 radical (unpaired) electrons. The van der Waals surface area contributed by atoms with Crippen LogP contribution in [-0.4, -0.2) is 44.9 Å². The monoisotopic (exact) mass is 273 g/mol. The second kappa shape index (κ2) is 4.65. The van der Waals surface area contributed by atoms with Crippen molar-refractivity contribution in [3.63, 3.8) is 0 Å². The maximum atomic E-state index is 11.4. The molecule has 0 aromatic carbocycles. The summed E-state index contributed by atoms with van der Waals surface area (Å²) in [5, 5.41) is 4.91. The van der Waals surface area contributed by atoms with Gasteiger partial charge in [-0.1, -0.05) is 0 Å². The van der Waals surface area contributed by atoms with Gasteiger partial charge in [-0.2, -0.15) is 4.68 Å². The van der Waals surface area contributed by atoms with E-state index in [-0.39, 0.29) is 5.82 Å². The van der Waals surface area contributed by atoms with Gasteiger partial charge in [-0.15, -0.1) is 5.10 Å². The number of aromatic nitrogens is 5. The second-order valence-corrected chi connectivity index (χ2v) is 3.92. The van der Waals surface area contributed by atoms with Crippen molar-refractivity contribution in [3.8, 4) is 11.6 Å². The maximum Gasteiger partial charge on any atom is 0.377 e. The van der Waals surface area contributed by atoms with Gasteiger partial charge in [-0.3, -0.25) is 0 Å². The van der Waals surface area contributed by atoms with Crippen LogP contribution in [0.5, 0.6) is 5.75 Å². The minimum Gasteiger partial charge on any atom is -0.494 e. The van der Waals surface area contributed by atoms with Crippen molar-refractivity contribution < 1.29 is 14.3 Å². The van der Waals surface area contributed by atoms with E-state index in [1.54, 1.807) is 19.5 Å². The van der Waals surface area contributed by atoms with Crippen LogP contribution in [0, 0.1) is 0 Å². The van der Waals surface area contributed by atoms with Crippen LogP contribution in [-0.2, 0) is 4.74 Å². The minimum atomic E-state index is -0.597. The van der Waals surface area contributed by atoms with Crippen molar-refractivity contribution in [1.29, 1.82) is 0 Å². The van der Waals surface area contributed by atoms with Gasteiger partial charge in [0.05, 0.1) is 25.9 Å². The van der Waals surface area contributed by atoms with E-state index in [9.17, 15) is 4.79 Å². The molecule has 8 heteroatoms. The van der Waals surface area contributed by atoms with Crippen LogP contribution in [0.4, 0.5) is 0 Å². The fourth-order valence-corrected chi connectivity index (χ4v) is 1.90. The summed E-state index contributed by atoms with van der Waals surface area (Å²) in [4.78, 5) is 22.6. The van der Waals surface area contributed by atoms with Gasteiger partial charge in [-0.05, 0) is 6.07 Å². The molecule has 0 saturated heterocycles. The van der Waals surface area contributed by atoms with Crippen molar-refractivity contribution in [2.24, 2.45) is 0 Å². The highest BCUT2D eigenvalue weighted by molar-refractivity contribution is 5.90. The number of nitrogens with one attached hydrogen (secondary N) is 1. The number of nitrogens with zero attached hydrogens (tertiary/aromatic N) is 4. The molecular formula is C12H11N5O3. The van der Waals surface area contributed by atoms with E-state index in [0.29, 0.717) is 11.6 Å². The molecule has 0 aliphatic carbocycles. The molecule has 3 aromatic rings. The number of pyridine rings is 1. The molecule has 0 aliphatic heterocycles. The summed E-state index contributed by atoms with van der Waals surface area (Å²) < 4.78 is 11.2. The standard InChI is InChI=1S/C12H11N5O3/c1-19-8-5-14-11(9-7(8)3-4-13-9)17-6-15-10(16-17)12(18)20-2/h3-6,13H,1-2H3. The highest BCUT2D eigenvalue weighted by Gasteiger charge is 2.15. The van der Waals surface area contributed by atoms with Crippen LogP contribution in [0.3, 0.4) is 0 Å². The summed E-state index contributed by atoms with van der Waals surface area (Å²) >= 11 is 0. The Balaban J connectivity index is 2.13. The van der Waals surface area contributed by atoms with Gasteiger partial charge in [0.25, 0.3) is 5.82 Å². The third-order valence-electron chi connectivity index (χ3n) is 2.84. The molecular weight excluding hydrogens is 262 g/mol. The van der Waals surface area contributed by atoms with Crippen molar-refractivity contribution in [2.45, 2.75) is 0 Å². The van der Waals surface area contributed by atoms with E-state index in [1.165, 1.54) is 18.1 Å². The highest BCUT2D eigenvalue weighted by Crippen LogP contribution is 2.27. The average Bonchev–Trinajstić information content (AvgIpc) is 3.14. The number of methoxy groups -OCH3 is 2. The lowest BCUT2D eigenvalue weighted by molar-refractivity contribution is 0.0587. The van der Waals surface area contributed by atoms with E-state index >= 15 is 0 Å². The highest BCUT2D eigenvalue weighted by atomic mass is 16.5. The van der Waals surface area contributed by atoms with E-state index in [2.05, 4.69) is 24.8 Å². The number of H-pyrrole nitrogens is 1. The fraction of sp³-hybridized carbons (Fsp3) is 0.167. The summed E-state index contributed by atoms with van der Waals surface area (Å²) in [6, 6.07) is 1.87. The Labute approximate surface area is 113 Å². The maximum absolute atomic E-state index is 11.4. The predicted molar refractivity (Wildman–Crippen MR) is 68.9 cm³/mol. The lowest BCUT2D eigenvalue weighted by Crippen LogP contribution is -2.06. The summed E-state index contributed by atoms with van der Waals surface area (Å²) in [6.45, 7) is 0. The Kier molecular flexibility index (Phi) is 2.82. The van der Waals surface area contributed by atoms with Crippen LogP contribution in [0.2, 0.25) is 0 Å². The van der Waals surface area contributed by atoms with Crippen LogP contribution in [0.15, 0.2) is 24.8 Å². The average molecular weight is 273 g/mol. The van der Waals surface area contributed by atoms with Gasteiger partial charge in [0.1, 0.15) is 12.1 Å². The first-order valence-corrected chi connectivity index (χ1v) is 5.75. The SMILES string of the molecule is COC(=O)c1ncn(-c2ncc(OC)c3cc[nH]c23)n1. The van der Waals surface area contributed by atoms with E-state index in [0.717, 1.165) is 10.9 Å². The summed E-state index contributed by atoms with van der Waals surface area (Å²) in [6.07, 6.45) is 4.77. The summed E-state index contributed by atoms with van der Waals surface area (Å²) in [5.74, 6) is 0.552. The molecule has 0 unspecified atom stereocenters. The number of aromatic amines is 1. The molecule has 0 spiro atoms. The third-order valence-corrected chi connectivity index (χ3v) is 2.84. The minimum absolute atomic E-state index is 0.0233. The molecule has 3 rings (SSSR count). The van der Waals surface area contributed by atoms with Crippen LogP contribution >= 0.6 is 0 Å². The molecule has 3 aromatic heterocycles.